The number of thioether (sulfide) groups is 1. The minimum absolute atomic E-state index is 0.526. The molecule has 3 nitrogen and oxygen atoms in total. The third kappa shape index (κ3) is 1.99. The molecule has 0 atom stereocenters. The van der Waals surface area contributed by atoms with Crippen LogP contribution in [0.2, 0.25) is 0 Å². The molecule has 1 aliphatic rings. The van der Waals surface area contributed by atoms with Crippen molar-refractivity contribution in [3.8, 4) is 0 Å². The number of nitrogens with one attached hydrogen (secondary N) is 1. The summed E-state index contributed by atoms with van der Waals surface area (Å²) in [4.78, 5) is 7.58. The van der Waals surface area contributed by atoms with E-state index in [0.29, 0.717) is 13.2 Å². The van der Waals surface area contributed by atoms with Crippen LogP contribution in [0.25, 0.3) is 0 Å². The maximum absolute atomic E-state index is 5.29. The standard InChI is InChI=1S/C9H12N2OS2/c1-2-12-3-8-10-7-5-14-4-6(7)9(13)11-8/h2-5H2,1H3,(H,10,11,13). The first-order valence-electron chi connectivity index (χ1n) is 4.57. The summed E-state index contributed by atoms with van der Waals surface area (Å²) in [5.41, 5.74) is 2.43. The zero-order valence-electron chi connectivity index (χ0n) is 8.00. The summed E-state index contributed by atoms with van der Waals surface area (Å²) in [7, 11) is 0. The average molecular weight is 228 g/mol. The van der Waals surface area contributed by atoms with Crippen LogP contribution in [0.5, 0.6) is 0 Å². The molecule has 2 heterocycles. The molecule has 0 bridgehead atoms. The molecule has 0 aromatic carbocycles. The van der Waals surface area contributed by atoms with Crippen LogP contribution in [0, 0.1) is 4.64 Å². The minimum atomic E-state index is 0.526. The molecule has 1 N–H and O–H groups in total. The summed E-state index contributed by atoms with van der Waals surface area (Å²) in [6.45, 7) is 3.20. The maximum Gasteiger partial charge on any atom is 0.134 e. The van der Waals surface area contributed by atoms with Crippen molar-refractivity contribution in [3.63, 3.8) is 0 Å². The highest BCUT2D eigenvalue weighted by atomic mass is 32.2. The highest BCUT2D eigenvalue weighted by Crippen LogP contribution is 2.28. The van der Waals surface area contributed by atoms with Crippen molar-refractivity contribution in [1.29, 1.82) is 0 Å². The molecule has 1 aliphatic heterocycles. The summed E-state index contributed by atoms with van der Waals surface area (Å²) in [6.07, 6.45) is 0. The number of H-pyrrole nitrogens is 1. The zero-order valence-corrected chi connectivity index (χ0v) is 9.63. The van der Waals surface area contributed by atoms with Gasteiger partial charge in [0.05, 0.1) is 0 Å². The number of nitrogens with zero attached hydrogens (tertiary/aromatic N) is 1. The van der Waals surface area contributed by atoms with Gasteiger partial charge in [-0.15, -0.1) is 0 Å². The fourth-order valence-corrected chi connectivity index (χ4v) is 2.86. The van der Waals surface area contributed by atoms with Crippen molar-refractivity contribution in [1.82, 2.24) is 9.97 Å². The van der Waals surface area contributed by atoms with Crippen molar-refractivity contribution < 1.29 is 4.74 Å². The molecule has 0 saturated carbocycles. The van der Waals surface area contributed by atoms with Gasteiger partial charge in [0, 0.05) is 29.4 Å². The van der Waals surface area contributed by atoms with Gasteiger partial charge in [-0.1, -0.05) is 12.2 Å². The molecular formula is C9H12N2OS2. The van der Waals surface area contributed by atoms with Gasteiger partial charge in [0.2, 0.25) is 0 Å². The SMILES string of the molecule is CCOCc1nc(=S)c2c([nH]1)CSC2. The smallest absolute Gasteiger partial charge is 0.134 e. The minimum Gasteiger partial charge on any atom is -0.374 e. The molecular weight excluding hydrogens is 216 g/mol. The predicted octanol–water partition coefficient (Wildman–Crippen LogP) is 2.42. The first-order chi connectivity index (χ1) is 6.81. The van der Waals surface area contributed by atoms with Crippen LogP contribution in [0.15, 0.2) is 0 Å². The van der Waals surface area contributed by atoms with Gasteiger partial charge in [-0.25, -0.2) is 4.98 Å². The van der Waals surface area contributed by atoms with Gasteiger partial charge < -0.3 is 9.72 Å². The van der Waals surface area contributed by atoms with Crippen LogP contribution in [-0.2, 0) is 22.8 Å². The Morgan fingerprint density at radius 2 is 2.43 bits per heavy atom. The topological polar surface area (TPSA) is 37.9 Å². The van der Waals surface area contributed by atoms with Crippen molar-refractivity contribution in [3.05, 3.63) is 21.7 Å². The molecule has 14 heavy (non-hydrogen) atoms. The van der Waals surface area contributed by atoms with E-state index in [2.05, 4.69) is 9.97 Å². The van der Waals surface area contributed by atoms with E-state index < -0.39 is 0 Å². The van der Waals surface area contributed by atoms with E-state index in [-0.39, 0.29) is 0 Å². The van der Waals surface area contributed by atoms with Crippen molar-refractivity contribution in [2.24, 2.45) is 0 Å². The van der Waals surface area contributed by atoms with E-state index in [1.54, 1.807) is 0 Å². The number of hydrogen-bond donors (Lipinski definition) is 1. The van der Waals surface area contributed by atoms with Gasteiger partial charge in [0.25, 0.3) is 0 Å². The highest BCUT2D eigenvalue weighted by molar-refractivity contribution is 7.98. The van der Waals surface area contributed by atoms with Gasteiger partial charge >= 0.3 is 0 Å². The Labute approximate surface area is 92.3 Å². The third-order valence-electron chi connectivity index (χ3n) is 2.09. The van der Waals surface area contributed by atoms with E-state index in [1.165, 1.54) is 11.3 Å². The first kappa shape index (κ1) is 10.1. The Kier molecular flexibility index (Phi) is 3.20. The molecule has 0 fully saturated rings. The molecule has 0 amide bonds. The summed E-state index contributed by atoms with van der Waals surface area (Å²) in [6, 6.07) is 0. The lowest BCUT2D eigenvalue weighted by Gasteiger charge is -2.04. The normalized spacial score (nSPS) is 14.4. The highest BCUT2D eigenvalue weighted by Gasteiger charge is 2.14. The Morgan fingerprint density at radius 1 is 1.57 bits per heavy atom. The van der Waals surface area contributed by atoms with E-state index in [0.717, 1.165) is 22.0 Å². The van der Waals surface area contributed by atoms with Gasteiger partial charge in [-0.3, -0.25) is 0 Å². The second-order valence-electron chi connectivity index (χ2n) is 3.08. The Balaban J connectivity index is 2.28. The molecule has 1 aromatic heterocycles. The zero-order chi connectivity index (χ0) is 9.97. The summed E-state index contributed by atoms with van der Waals surface area (Å²) < 4.78 is 6.02. The van der Waals surface area contributed by atoms with Crippen LogP contribution < -0.4 is 0 Å². The molecule has 0 aliphatic carbocycles. The van der Waals surface area contributed by atoms with Crippen LogP contribution in [0.1, 0.15) is 24.0 Å². The fourth-order valence-electron chi connectivity index (χ4n) is 1.39. The lowest BCUT2D eigenvalue weighted by Crippen LogP contribution is -2.03. The Bertz CT molecular complexity index is 389. The Morgan fingerprint density at radius 3 is 3.21 bits per heavy atom. The maximum atomic E-state index is 5.29. The summed E-state index contributed by atoms with van der Waals surface area (Å²) >= 11 is 7.09. The molecule has 0 saturated heterocycles. The van der Waals surface area contributed by atoms with Gasteiger partial charge in [0.15, 0.2) is 0 Å². The van der Waals surface area contributed by atoms with E-state index in [4.69, 9.17) is 17.0 Å². The van der Waals surface area contributed by atoms with E-state index in [1.807, 2.05) is 18.7 Å². The molecule has 0 spiro atoms. The second kappa shape index (κ2) is 4.42. The number of fused-ring (bicyclic) bond motifs is 1. The van der Waals surface area contributed by atoms with Gasteiger partial charge in [0.1, 0.15) is 17.1 Å². The quantitative estimate of drug-likeness (QED) is 0.806. The first-order valence-corrected chi connectivity index (χ1v) is 6.14. The van der Waals surface area contributed by atoms with Crippen LogP contribution in [-0.4, -0.2) is 16.6 Å². The fraction of sp³-hybridized carbons (Fsp3) is 0.556. The average Bonchev–Trinajstić information content (AvgIpc) is 2.63. The lowest BCUT2D eigenvalue weighted by molar-refractivity contribution is 0.128. The van der Waals surface area contributed by atoms with Crippen molar-refractivity contribution in [2.45, 2.75) is 25.0 Å². The number of aromatic nitrogens is 2. The van der Waals surface area contributed by atoms with Crippen LogP contribution in [0.4, 0.5) is 0 Å². The molecule has 2 rings (SSSR count). The Hall–Kier alpha value is -0.390. The number of rotatable bonds is 3. The summed E-state index contributed by atoms with van der Waals surface area (Å²) in [5, 5.41) is 0. The molecule has 1 aromatic rings. The van der Waals surface area contributed by atoms with E-state index >= 15 is 0 Å². The third-order valence-corrected chi connectivity index (χ3v) is 3.41. The lowest BCUT2D eigenvalue weighted by atomic mass is 10.3. The van der Waals surface area contributed by atoms with Gasteiger partial charge in [-0.2, -0.15) is 11.8 Å². The molecule has 0 unspecified atom stereocenters. The number of aromatic amines is 1. The molecule has 5 heteroatoms. The number of hydrogen-bond acceptors (Lipinski definition) is 4. The van der Waals surface area contributed by atoms with Gasteiger partial charge in [-0.05, 0) is 6.92 Å². The monoisotopic (exact) mass is 228 g/mol. The number of ether oxygens (including phenoxy) is 1. The van der Waals surface area contributed by atoms with Crippen molar-refractivity contribution >= 4 is 24.0 Å². The molecule has 0 radical (unpaired) electrons. The summed E-state index contributed by atoms with van der Waals surface area (Å²) in [5.74, 6) is 2.85. The predicted molar refractivity (Wildman–Crippen MR) is 59.8 cm³/mol. The molecule has 76 valence electrons. The van der Waals surface area contributed by atoms with Crippen LogP contribution >= 0.6 is 24.0 Å². The largest absolute Gasteiger partial charge is 0.374 e. The van der Waals surface area contributed by atoms with E-state index in [9.17, 15) is 0 Å². The second-order valence-corrected chi connectivity index (χ2v) is 4.45. The van der Waals surface area contributed by atoms with Crippen molar-refractivity contribution in [2.75, 3.05) is 6.61 Å². The van der Waals surface area contributed by atoms with Crippen LogP contribution in [0.3, 0.4) is 0 Å².